The third kappa shape index (κ3) is 2.25. The minimum atomic E-state index is -0.0647. The minimum absolute atomic E-state index is 0.0647. The molecule has 2 saturated heterocycles. The van der Waals surface area contributed by atoms with Crippen LogP contribution in [0.15, 0.2) is 0 Å². The van der Waals surface area contributed by atoms with Crippen LogP contribution in [-0.4, -0.2) is 66.3 Å². The number of aliphatic hydroxyl groups excluding tert-OH is 1. The van der Waals surface area contributed by atoms with Crippen LogP contribution in [0.2, 0.25) is 0 Å². The van der Waals surface area contributed by atoms with Gasteiger partial charge in [-0.3, -0.25) is 4.90 Å². The van der Waals surface area contributed by atoms with E-state index in [1.54, 1.807) is 0 Å². The van der Waals surface area contributed by atoms with Crippen molar-refractivity contribution in [3.05, 3.63) is 0 Å². The van der Waals surface area contributed by atoms with Gasteiger partial charge in [0.1, 0.15) is 0 Å². The van der Waals surface area contributed by atoms with Crippen molar-refractivity contribution >= 4 is 0 Å². The van der Waals surface area contributed by atoms with Gasteiger partial charge < -0.3 is 15.7 Å². The molecule has 14 heavy (non-hydrogen) atoms. The first kappa shape index (κ1) is 10.4. The highest BCUT2D eigenvalue weighted by molar-refractivity contribution is 4.87. The smallest absolute Gasteiger partial charge is 0.0595 e. The summed E-state index contributed by atoms with van der Waals surface area (Å²) in [6.07, 6.45) is 2.64. The van der Waals surface area contributed by atoms with Gasteiger partial charge in [-0.25, -0.2) is 0 Å². The fraction of sp³-hybridized carbons (Fsp3) is 1.00. The molecule has 2 atom stereocenters. The molecule has 2 aliphatic heterocycles. The van der Waals surface area contributed by atoms with Crippen molar-refractivity contribution in [2.45, 2.75) is 24.9 Å². The number of nitrogens with zero attached hydrogens (tertiary/aromatic N) is 2. The van der Waals surface area contributed by atoms with Crippen molar-refractivity contribution in [3.8, 4) is 0 Å². The standard InChI is InChI=1S/C10H21N3O/c11-9(8-14)6-12-5-2-10(7-12)13-3-1-4-13/h9-10,14H,1-8,11H2. The zero-order chi connectivity index (χ0) is 9.97. The number of hydrogen-bond acceptors (Lipinski definition) is 4. The largest absolute Gasteiger partial charge is 0.395 e. The van der Waals surface area contributed by atoms with Crippen LogP contribution in [-0.2, 0) is 0 Å². The van der Waals surface area contributed by atoms with E-state index in [1.165, 1.54) is 25.9 Å². The first-order valence-corrected chi connectivity index (χ1v) is 5.62. The van der Waals surface area contributed by atoms with E-state index in [1.807, 2.05) is 0 Å². The Labute approximate surface area is 85.7 Å². The highest BCUT2D eigenvalue weighted by Crippen LogP contribution is 2.20. The second-order valence-corrected chi connectivity index (χ2v) is 4.53. The van der Waals surface area contributed by atoms with Crippen LogP contribution in [0.3, 0.4) is 0 Å². The fourth-order valence-corrected chi connectivity index (χ4v) is 2.37. The molecule has 4 nitrogen and oxygen atoms in total. The van der Waals surface area contributed by atoms with Crippen LogP contribution in [0, 0.1) is 0 Å². The van der Waals surface area contributed by atoms with E-state index in [0.29, 0.717) is 0 Å². The lowest BCUT2D eigenvalue weighted by molar-refractivity contribution is 0.118. The Bertz CT molecular complexity index is 184. The molecule has 82 valence electrons. The van der Waals surface area contributed by atoms with Gasteiger partial charge in [-0.15, -0.1) is 0 Å². The first-order chi connectivity index (χ1) is 6.79. The summed E-state index contributed by atoms with van der Waals surface area (Å²) >= 11 is 0. The van der Waals surface area contributed by atoms with Crippen molar-refractivity contribution in [3.63, 3.8) is 0 Å². The molecule has 2 unspecified atom stereocenters. The van der Waals surface area contributed by atoms with Crippen molar-refractivity contribution in [1.29, 1.82) is 0 Å². The van der Waals surface area contributed by atoms with Crippen LogP contribution < -0.4 is 5.73 Å². The van der Waals surface area contributed by atoms with Crippen LogP contribution in [0.25, 0.3) is 0 Å². The Morgan fingerprint density at radius 1 is 1.36 bits per heavy atom. The Morgan fingerprint density at radius 3 is 2.71 bits per heavy atom. The van der Waals surface area contributed by atoms with Gasteiger partial charge in [0.05, 0.1) is 6.61 Å². The van der Waals surface area contributed by atoms with E-state index in [-0.39, 0.29) is 12.6 Å². The van der Waals surface area contributed by atoms with Crippen LogP contribution in [0.4, 0.5) is 0 Å². The van der Waals surface area contributed by atoms with E-state index in [0.717, 1.165) is 25.7 Å². The minimum Gasteiger partial charge on any atom is -0.395 e. The van der Waals surface area contributed by atoms with Gasteiger partial charge in [0.2, 0.25) is 0 Å². The van der Waals surface area contributed by atoms with E-state index in [9.17, 15) is 0 Å². The maximum Gasteiger partial charge on any atom is 0.0595 e. The number of aliphatic hydroxyl groups is 1. The molecule has 0 saturated carbocycles. The summed E-state index contributed by atoms with van der Waals surface area (Å²) < 4.78 is 0. The molecule has 2 fully saturated rings. The predicted molar refractivity (Wildman–Crippen MR) is 56.1 cm³/mol. The Morgan fingerprint density at radius 2 is 2.14 bits per heavy atom. The SMILES string of the molecule is NC(CO)CN1CCC(N2CCC2)C1. The molecular formula is C10H21N3O. The molecule has 3 N–H and O–H groups in total. The summed E-state index contributed by atoms with van der Waals surface area (Å²) in [6, 6.07) is 0.694. The summed E-state index contributed by atoms with van der Waals surface area (Å²) in [6.45, 7) is 5.81. The average Bonchev–Trinajstić information content (AvgIpc) is 2.50. The topological polar surface area (TPSA) is 52.7 Å². The van der Waals surface area contributed by atoms with E-state index < -0.39 is 0 Å². The fourth-order valence-electron chi connectivity index (χ4n) is 2.37. The molecule has 0 bridgehead atoms. The quantitative estimate of drug-likeness (QED) is 0.615. The lowest BCUT2D eigenvalue weighted by Crippen LogP contribution is -2.47. The molecule has 2 heterocycles. The van der Waals surface area contributed by atoms with Crippen LogP contribution in [0.1, 0.15) is 12.8 Å². The number of rotatable bonds is 4. The monoisotopic (exact) mass is 199 g/mol. The van der Waals surface area contributed by atoms with Crippen molar-refractivity contribution in [1.82, 2.24) is 9.80 Å². The van der Waals surface area contributed by atoms with Crippen molar-refractivity contribution in [2.24, 2.45) is 5.73 Å². The molecular weight excluding hydrogens is 178 g/mol. The third-order valence-corrected chi connectivity index (χ3v) is 3.38. The predicted octanol–water partition coefficient (Wildman–Crippen LogP) is -0.914. The number of likely N-dealkylation sites (tertiary alicyclic amines) is 2. The Hall–Kier alpha value is -0.160. The summed E-state index contributed by atoms with van der Waals surface area (Å²) in [5.41, 5.74) is 5.72. The van der Waals surface area contributed by atoms with Crippen molar-refractivity contribution < 1.29 is 5.11 Å². The van der Waals surface area contributed by atoms with Gasteiger partial charge in [-0.05, 0) is 32.5 Å². The third-order valence-electron chi connectivity index (χ3n) is 3.38. The number of nitrogens with two attached hydrogens (primary N) is 1. The van der Waals surface area contributed by atoms with Gasteiger partial charge in [-0.1, -0.05) is 0 Å². The molecule has 0 radical (unpaired) electrons. The highest BCUT2D eigenvalue weighted by atomic mass is 16.3. The molecule has 0 spiro atoms. The average molecular weight is 199 g/mol. The van der Waals surface area contributed by atoms with E-state index >= 15 is 0 Å². The molecule has 0 aliphatic carbocycles. The maximum atomic E-state index is 8.87. The zero-order valence-electron chi connectivity index (χ0n) is 8.73. The molecule has 0 aromatic heterocycles. The lowest BCUT2D eigenvalue weighted by atomic mass is 10.1. The summed E-state index contributed by atoms with van der Waals surface area (Å²) in [7, 11) is 0. The summed E-state index contributed by atoms with van der Waals surface area (Å²) in [5.74, 6) is 0. The summed E-state index contributed by atoms with van der Waals surface area (Å²) in [4.78, 5) is 4.94. The Balaban J connectivity index is 1.71. The second-order valence-electron chi connectivity index (χ2n) is 4.53. The number of hydrogen-bond donors (Lipinski definition) is 2. The zero-order valence-corrected chi connectivity index (χ0v) is 8.73. The van der Waals surface area contributed by atoms with Gasteiger partial charge in [0.25, 0.3) is 0 Å². The first-order valence-electron chi connectivity index (χ1n) is 5.62. The molecule has 2 rings (SSSR count). The van der Waals surface area contributed by atoms with Crippen LogP contribution in [0.5, 0.6) is 0 Å². The van der Waals surface area contributed by atoms with E-state index in [2.05, 4.69) is 9.80 Å². The van der Waals surface area contributed by atoms with Gasteiger partial charge in [-0.2, -0.15) is 0 Å². The lowest BCUT2D eigenvalue weighted by Gasteiger charge is -2.36. The molecule has 0 aromatic rings. The second kappa shape index (κ2) is 4.57. The van der Waals surface area contributed by atoms with Gasteiger partial charge >= 0.3 is 0 Å². The Kier molecular flexibility index (Phi) is 3.38. The molecule has 0 amide bonds. The summed E-state index contributed by atoms with van der Waals surface area (Å²) in [5, 5.41) is 8.87. The maximum absolute atomic E-state index is 8.87. The molecule has 4 heteroatoms. The molecule has 2 aliphatic rings. The van der Waals surface area contributed by atoms with Gasteiger partial charge in [0.15, 0.2) is 0 Å². The van der Waals surface area contributed by atoms with Crippen LogP contribution >= 0.6 is 0 Å². The molecule has 0 aromatic carbocycles. The van der Waals surface area contributed by atoms with Gasteiger partial charge in [0, 0.05) is 25.2 Å². The highest BCUT2D eigenvalue weighted by Gasteiger charge is 2.30. The normalized spacial score (nSPS) is 31.7. The van der Waals surface area contributed by atoms with E-state index in [4.69, 9.17) is 10.8 Å². The van der Waals surface area contributed by atoms with Crippen molar-refractivity contribution in [2.75, 3.05) is 39.3 Å².